The van der Waals surface area contributed by atoms with E-state index in [0.717, 1.165) is 12.8 Å². The minimum atomic E-state index is -4.63. The van der Waals surface area contributed by atoms with Crippen LogP contribution in [0.5, 0.6) is 0 Å². The standard InChI is InChI=1S/C6H11BF3.K/c1-6(2,5-3-4-5)7(8,9)10;/h5H,3-4H2,1-2H3;/q-1;+1. The van der Waals surface area contributed by atoms with Crippen LogP contribution in [0.4, 0.5) is 12.9 Å². The summed E-state index contributed by atoms with van der Waals surface area (Å²) in [6, 6.07) is 0. The van der Waals surface area contributed by atoms with E-state index in [4.69, 9.17) is 0 Å². The fourth-order valence-corrected chi connectivity index (χ4v) is 1.09. The molecule has 60 valence electrons. The molecule has 0 heterocycles. The van der Waals surface area contributed by atoms with E-state index in [0.29, 0.717) is 0 Å². The SMILES string of the molecule is CC(C)(C1CC1)[B-](F)(F)F.[K+]. The summed E-state index contributed by atoms with van der Waals surface area (Å²) in [5.41, 5.74) is 0. The molecule has 0 aromatic rings. The van der Waals surface area contributed by atoms with Gasteiger partial charge in [0.25, 0.3) is 0 Å². The normalized spacial score (nSPS) is 19.4. The van der Waals surface area contributed by atoms with Crippen molar-refractivity contribution in [2.24, 2.45) is 5.92 Å². The average molecular weight is 190 g/mol. The maximum atomic E-state index is 12.2. The number of rotatable bonds is 2. The van der Waals surface area contributed by atoms with Crippen LogP contribution in [-0.4, -0.2) is 6.98 Å². The van der Waals surface area contributed by atoms with E-state index in [2.05, 4.69) is 0 Å². The van der Waals surface area contributed by atoms with Gasteiger partial charge in [0.2, 0.25) is 0 Å². The predicted molar refractivity (Wildman–Crippen MR) is 35.8 cm³/mol. The topological polar surface area (TPSA) is 0 Å². The van der Waals surface area contributed by atoms with Crippen LogP contribution in [0.2, 0.25) is 5.31 Å². The monoisotopic (exact) mass is 190 g/mol. The molecule has 0 atom stereocenters. The summed E-state index contributed by atoms with van der Waals surface area (Å²) < 4.78 is 36.6. The molecule has 0 N–H and O–H groups in total. The van der Waals surface area contributed by atoms with Crippen LogP contribution in [-0.2, 0) is 0 Å². The van der Waals surface area contributed by atoms with Gasteiger partial charge in [0.15, 0.2) is 0 Å². The van der Waals surface area contributed by atoms with E-state index in [1.54, 1.807) is 0 Å². The molecule has 11 heavy (non-hydrogen) atoms. The molecular formula is C6H11BF3K. The van der Waals surface area contributed by atoms with Crippen LogP contribution in [0.3, 0.4) is 0 Å². The van der Waals surface area contributed by atoms with Crippen molar-refractivity contribution in [3.05, 3.63) is 0 Å². The van der Waals surface area contributed by atoms with E-state index in [1.165, 1.54) is 13.8 Å². The Hall–Kier alpha value is 1.49. The van der Waals surface area contributed by atoms with Crippen molar-refractivity contribution in [3.63, 3.8) is 0 Å². The maximum Gasteiger partial charge on any atom is 1.00 e. The van der Waals surface area contributed by atoms with Gasteiger partial charge in [-0.25, -0.2) is 0 Å². The van der Waals surface area contributed by atoms with Crippen LogP contribution in [0, 0.1) is 5.92 Å². The van der Waals surface area contributed by atoms with Crippen molar-refractivity contribution >= 4 is 6.98 Å². The third-order valence-corrected chi connectivity index (χ3v) is 2.47. The molecule has 0 saturated heterocycles. The Morgan fingerprint density at radius 3 is 1.64 bits per heavy atom. The second kappa shape index (κ2) is 3.70. The molecule has 1 rings (SSSR count). The zero-order chi connectivity index (χ0) is 7.99. The molecule has 0 nitrogen and oxygen atoms in total. The van der Waals surface area contributed by atoms with Gasteiger partial charge in [-0.2, -0.15) is 0 Å². The fourth-order valence-electron chi connectivity index (χ4n) is 1.09. The van der Waals surface area contributed by atoms with Gasteiger partial charge in [-0.05, 0) is 0 Å². The number of halogens is 3. The van der Waals surface area contributed by atoms with Gasteiger partial charge < -0.3 is 12.9 Å². The van der Waals surface area contributed by atoms with Crippen LogP contribution < -0.4 is 51.4 Å². The summed E-state index contributed by atoms with van der Waals surface area (Å²) in [6.07, 6.45) is 1.52. The van der Waals surface area contributed by atoms with E-state index in [9.17, 15) is 12.9 Å². The van der Waals surface area contributed by atoms with Crippen LogP contribution >= 0.6 is 0 Å². The van der Waals surface area contributed by atoms with E-state index in [1.807, 2.05) is 0 Å². The third-order valence-electron chi connectivity index (χ3n) is 2.47. The molecule has 0 aromatic heterocycles. The van der Waals surface area contributed by atoms with Crippen molar-refractivity contribution in [1.29, 1.82) is 0 Å². The van der Waals surface area contributed by atoms with Crippen LogP contribution in [0.25, 0.3) is 0 Å². The minimum Gasteiger partial charge on any atom is -0.449 e. The van der Waals surface area contributed by atoms with Gasteiger partial charge in [-0.15, -0.1) is 0 Å². The molecule has 0 spiro atoms. The molecule has 0 amide bonds. The Morgan fingerprint density at radius 2 is 1.55 bits per heavy atom. The summed E-state index contributed by atoms with van der Waals surface area (Å²) in [7, 11) is 0. The summed E-state index contributed by atoms with van der Waals surface area (Å²) >= 11 is 0. The van der Waals surface area contributed by atoms with Crippen LogP contribution in [0.1, 0.15) is 26.7 Å². The average Bonchev–Trinajstić information content (AvgIpc) is 2.38. The number of hydrogen-bond donors (Lipinski definition) is 0. The first kappa shape index (κ1) is 12.5. The molecule has 0 unspecified atom stereocenters. The molecule has 1 fully saturated rings. The minimum absolute atomic E-state index is 0. The zero-order valence-electron chi connectivity index (χ0n) is 7.20. The first-order valence-corrected chi connectivity index (χ1v) is 3.55. The molecule has 1 aliphatic rings. The number of hydrogen-bond acceptors (Lipinski definition) is 0. The summed E-state index contributed by atoms with van der Waals surface area (Å²) in [5, 5.41) is -1.39. The van der Waals surface area contributed by atoms with E-state index < -0.39 is 12.3 Å². The van der Waals surface area contributed by atoms with Crippen molar-refractivity contribution < 1.29 is 64.3 Å². The molecule has 1 saturated carbocycles. The van der Waals surface area contributed by atoms with Gasteiger partial charge in [-0.3, -0.25) is 0 Å². The van der Waals surface area contributed by atoms with Gasteiger partial charge in [0.1, 0.15) is 0 Å². The first-order chi connectivity index (χ1) is 4.36. The smallest absolute Gasteiger partial charge is 0.449 e. The summed E-state index contributed by atoms with van der Waals surface area (Å²) in [5.74, 6) is -0.0903. The molecule has 0 aromatic carbocycles. The molecule has 1 aliphatic carbocycles. The molecule has 0 aliphatic heterocycles. The van der Waals surface area contributed by atoms with E-state index >= 15 is 0 Å². The van der Waals surface area contributed by atoms with Crippen molar-refractivity contribution in [1.82, 2.24) is 0 Å². The molecule has 5 heteroatoms. The van der Waals surface area contributed by atoms with Crippen molar-refractivity contribution in [2.75, 3.05) is 0 Å². The Balaban J connectivity index is 0.000001000. The first-order valence-electron chi connectivity index (χ1n) is 3.55. The largest absolute Gasteiger partial charge is 1.00 e. The van der Waals surface area contributed by atoms with Crippen LogP contribution in [0.15, 0.2) is 0 Å². The summed E-state index contributed by atoms with van der Waals surface area (Å²) in [4.78, 5) is 0. The Kier molecular flexibility index (Phi) is 4.20. The fraction of sp³-hybridized carbons (Fsp3) is 1.00. The van der Waals surface area contributed by atoms with Gasteiger partial charge in [0.05, 0.1) is 0 Å². The molecule has 0 bridgehead atoms. The second-order valence-corrected chi connectivity index (χ2v) is 3.67. The van der Waals surface area contributed by atoms with Gasteiger partial charge in [-0.1, -0.05) is 37.9 Å². The Labute approximate surface area is 108 Å². The predicted octanol–water partition coefficient (Wildman–Crippen LogP) is 0.0280. The summed E-state index contributed by atoms with van der Waals surface area (Å²) in [6.45, 7) is -2.01. The van der Waals surface area contributed by atoms with E-state index in [-0.39, 0.29) is 57.3 Å². The maximum absolute atomic E-state index is 12.2. The third kappa shape index (κ3) is 2.72. The van der Waals surface area contributed by atoms with Crippen molar-refractivity contribution in [3.8, 4) is 0 Å². The molecular weight excluding hydrogens is 179 g/mol. The zero-order valence-corrected chi connectivity index (χ0v) is 10.3. The van der Waals surface area contributed by atoms with Gasteiger partial charge in [0, 0.05) is 0 Å². The van der Waals surface area contributed by atoms with Crippen molar-refractivity contribution in [2.45, 2.75) is 32.0 Å². The second-order valence-electron chi connectivity index (χ2n) is 3.67. The van der Waals surface area contributed by atoms with Gasteiger partial charge >= 0.3 is 58.4 Å². The quantitative estimate of drug-likeness (QED) is 0.539. The Bertz CT molecular complexity index is 139. The molecule has 0 radical (unpaired) electrons. The Morgan fingerprint density at radius 1 is 1.18 bits per heavy atom.